The molecule has 0 fully saturated rings. The normalized spacial score (nSPS) is 15.4. The number of allylic oxidation sites excluding steroid dienone is 2. The topological polar surface area (TPSA) is 66.1 Å². The fraction of sp³-hybridized carbons (Fsp3) is 0.286. The number of aromatic nitrogens is 3. The molecule has 3 heterocycles. The summed E-state index contributed by atoms with van der Waals surface area (Å²) in [6.45, 7) is 6.56. The molecule has 1 aliphatic carbocycles. The molecule has 2 aromatic heterocycles. The number of rotatable bonds is 4. The van der Waals surface area contributed by atoms with Crippen LogP contribution in [0.5, 0.6) is 5.75 Å². The van der Waals surface area contributed by atoms with Crippen molar-refractivity contribution in [3.8, 4) is 5.75 Å². The summed E-state index contributed by atoms with van der Waals surface area (Å²) in [5.41, 5.74) is 8.37. The summed E-state index contributed by atoms with van der Waals surface area (Å²) in [6.07, 6.45) is 5.93. The minimum absolute atomic E-state index is 0.352. The highest BCUT2D eigenvalue weighted by Crippen LogP contribution is 2.34. The van der Waals surface area contributed by atoms with Crippen molar-refractivity contribution in [3.05, 3.63) is 83.3 Å². The average Bonchev–Trinajstić information content (AvgIpc) is 3.11. The SMILES string of the molecule is CC(C)Nc1nc2c([nH]1)CC(c1ccc3c(c1)CN(c1ccnc4ccccc14)CCO3)=CC2. The molecule has 0 amide bonds. The van der Waals surface area contributed by atoms with Crippen LogP contribution in [0.25, 0.3) is 16.5 Å². The average molecular weight is 452 g/mol. The summed E-state index contributed by atoms with van der Waals surface area (Å²) in [6, 6.07) is 17.4. The molecule has 6 heteroatoms. The van der Waals surface area contributed by atoms with Gasteiger partial charge in [-0.05, 0) is 49.2 Å². The maximum atomic E-state index is 6.15. The first-order valence-corrected chi connectivity index (χ1v) is 12.0. The van der Waals surface area contributed by atoms with Gasteiger partial charge in [0.1, 0.15) is 12.4 Å². The number of H-pyrrole nitrogens is 1. The number of pyridine rings is 1. The molecule has 2 aromatic carbocycles. The van der Waals surface area contributed by atoms with E-state index in [1.807, 2.05) is 12.3 Å². The minimum atomic E-state index is 0.352. The van der Waals surface area contributed by atoms with Crippen molar-refractivity contribution in [1.82, 2.24) is 15.0 Å². The predicted octanol–water partition coefficient (Wildman–Crippen LogP) is 5.36. The van der Waals surface area contributed by atoms with Crippen LogP contribution < -0.4 is 15.0 Å². The van der Waals surface area contributed by atoms with E-state index < -0.39 is 0 Å². The van der Waals surface area contributed by atoms with E-state index in [2.05, 4.69) is 82.6 Å². The number of fused-ring (bicyclic) bond motifs is 3. The molecule has 0 radical (unpaired) electrons. The molecule has 0 saturated heterocycles. The van der Waals surface area contributed by atoms with Gasteiger partial charge in [-0.2, -0.15) is 0 Å². The van der Waals surface area contributed by atoms with Crippen molar-refractivity contribution in [2.24, 2.45) is 0 Å². The quantitative estimate of drug-likeness (QED) is 0.437. The van der Waals surface area contributed by atoms with Gasteiger partial charge in [0.15, 0.2) is 0 Å². The number of anilines is 2. The van der Waals surface area contributed by atoms with Gasteiger partial charge in [-0.25, -0.2) is 4.98 Å². The molecular weight excluding hydrogens is 422 g/mol. The molecule has 1 aliphatic heterocycles. The number of hydrogen-bond acceptors (Lipinski definition) is 5. The molecule has 2 aliphatic rings. The molecule has 0 saturated carbocycles. The van der Waals surface area contributed by atoms with E-state index in [4.69, 9.17) is 9.72 Å². The first kappa shape index (κ1) is 20.8. The van der Waals surface area contributed by atoms with Crippen molar-refractivity contribution in [1.29, 1.82) is 0 Å². The van der Waals surface area contributed by atoms with Crippen LogP contribution in [0, 0.1) is 0 Å². The Morgan fingerprint density at radius 2 is 2.03 bits per heavy atom. The van der Waals surface area contributed by atoms with Gasteiger partial charge in [-0.15, -0.1) is 0 Å². The Bertz CT molecular complexity index is 1380. The van der Waals surface area contributed by atoms with Gasteiger partial charge < -0.3 is 19.9 Å². The van der Waals surface area contributed by atoms with Crippen molar-refractivity contribution in [3.63, 3.8) is 0 Å². The third-order valence-electron chi connectivity index (χ3n) is 6.58. The highest BCUT2D eigenvalue weighted by atomic mass is 16.5. The van der Waals surface area contributed by atoms with Crippen molar-refractivity contribution < 1.29 is 4.74 Å². The Morgan fingerprint density at radius 1 is 1.12 bits per heavy atom. The maximum absolute atomic E-state index is 6.15. The highest BCUT2D eigenvalue weighted by molar-refractivity contribution is 5.91. The standard InChI is InChI=1S/C28H29N5O/c1-18(2)30-28-31-24-9-7-20(16-25(24)32-28)19-8-10-27-21(15-19)17-33(13-14-34-27)26-11-12-29-23-6-4-3-5-22(23)26/h3-8,10-12,15,18H,9,13-14,16-17H2,1-2H3,(H2,30,31,32). The number of benzene rings is 2. The third kappa shape index (κ3) is 3.89. The molecule has 34 heavy (non-hydrogen) atoms. The fourth-order valence-electron chi connectivity index (χ4n) is 4.96. The van der Waals surface area contributed by atoms with Gasteiger partial charge in [0.25, 0.3) is 0 Å². The summed E-state index contributed by atoms with van der Waals surface area (Å²) in [4.78, 5) is 15.2. The number of ether oxygens (including phenoxy) is 1. The second kappa shape index (κ2) is 8.52. The van der Waals surface area contributed by atoms with E-state index in [0.29, 0.717) is 12.6 Å². The van der Waals surface area contributed by atoms with E-state index in [1.165, 1.54) is 33.5 Å². The fourth-order valence-corrected chi connectivity index (χ4v) is 4.96. The molecule has 0 bridgehead atoms. The van der Waals surface area contributed by atoms with Crippen LogP contribution >= 0.6 is 0 Å². The maximum Gasteiger partial charge on any atom is 0.200 e. The van der Waals surface area contributed by atoms with E-state index >= 15 is 0 Å². The molecule has 4 aromatic rings. The zero-order chi connectivity index (χ0) is 23.1. The second-order valence-electron chi connectivity index (χ2n) is 9.36. The summed E-state index contributed by atoms with van der Waals surface area (Å²) in [7, 11) is 0. The Kier molecular flexibility index (Phi) is 5.21. The molecule has 2 N–H and O–H groups in total. The van der Waals surface area contributed by atoms with Gasteiger partial charge in [-0.1, -0.05) is 30.3 Å². The van der Waals surface area contributed by atoms with Crippen molar-refractivity contribution in [2.75, 3.05) is 23.4 Å². The largest absolute Gasteiger partial charge is 0.491 e. The Morgan fingerprint density at radius 3 is 2.94 bits per heavy atom. The Labute approximate surface area is 199 Å². The number of aromatic amines is 1. The van der Waals surface area contributed by atoms with Crippen LogP contribution in [-0.4, -0.2) is 34.1 Å². The molecular formula is C28H29N5O. The van der Waals surface area contributed by atoms with E-state index in [9.17, 15) is 0 Å². The predicted molar refractivity (Wildman–Crippen MR) is 137 cm³/mol. The van der Waals surface area contributed by atoms with E-state index in [-0.39, 0.29) is 0 Å². The summed E-state index contributed by atoms with van der Waals surface area (Å²) >= 11 is 0. The monoisotopic (exact) mass is 451 g/mol. The zero-order valence-corrected chi connectivity index (χ0v) is 19.6. The summed E-state index contributed by atoms with van der Waals surface area (Å²) < 4.78 is 6.15. The first-order valence-electron chi connectivity index (χ1n) is 12.0. The number of imidazole rings is 1. The highest BCUT2D eigenvalue weighted by Gasteiger charge is 2.21. The lowest BCUT2D eigenvalue weighted by Gasteiger charge is -2.24. The summed E-state index contributed by atoms with van der Waals surface area (Å²) in [5.74, 6) is 1.84. The molecule has 172 valence electrons. The van der Waals surface area contributed by atoms with Crippen LogP contribution in [-0.2, 0) is 19.4 Å². The van der Waals surface area contributed by atoms with Crippen molar-refractivity contribution >= 4 is 28.1 Å². The molecule has 6 rings (SSSR count). The number of nitrogens with one attached hydrogen (secondary N) is 2. The number of hydrogen-bond donors (Lipinski definition) is 2. The van der Waals surface area contributed by atoms with Crippen LogP contribution in [0.15, 0.2) is 60.8 Å². The van der Waals surface area contributed by atoms with E-state index in [0.717, 1.165) is 48.8 Å². The molecule has 0 spiro atoms. The van der Waals surface area contributed by atoms with Crippen LogP contribution in [0.2, 0.25) is 0 Å². The Balaban J connectivity index is 1.28. The van der Waals surface area contributed by atoms with Gasteiger partial charge in [0, 0.05) is 54.0 Å². The van der Waals surface area contributed by atoms with E-state index in [1.54, 1.807) is 0 Å². The van der Waals surface area contributed by atoms with Gasteiger partial charge in [0.2, 0.25) is 5.95 Å². The lowest BCUT2D eigenvalue weighted by atomic mass is 9.93. The van der Waals surface area contributed by atoms with Gasteiger partial charge in [0.05, 0.1) is 17.8 Å². The van der Waals surface area contributed by atoms with Gasteiger partial charge in [-0.3, -0.25) is 4.98 Å². The smallest absolute Gasteiger partial charge is 0.200 e. The molecule has 0 atom stereocenters. The van der Waals surface area contributed by atoms with Crippen LogP contribution in [0.3, 0.4) is 0 Å². The first-order chi connectivity index (χ1) is 16.6. The molecule has 6 nitrogen and oxygen atoms in total. The second-order valence-corrected chi connectivity index (χ2v) is 9.36. The number of para-hydroxylation sites is 1. The third-order valence-corrected chi connectivity index (χ3v) is 6.58. The van der Waals surface area contributed by atoms with Crippen molar-refractivity contribution in [2.45, 2.75) is 39.3 Å². The molecule has 0 unspecified atom stereocenters. The van der Waals surface area contributed by atoms with Crippen LogP contribution in [0.4, 0.5) is 11.6 Å². The zero-order valence-electron chi connectivity index (χ0n) is 19.6. The van der Waals surface area contributed by atoms with Gasteiger partial charge >= 0.3 is 0 Å². The summed E-state index contributed by atoms with van der Waals surface area (Å²) in [5, 5.41) is 4.56. The van der Waals surface area contributed by atoms with Crippen LogP contribution in [0.1, 0.15) is 36.4 Å². The number of nitrogens with zero attached hydrogens (tertiary/aromatic N) is 3. The minimum Gasteiger partial charge on any atom is -0.491 e. The lowest BCUT2D eigenvalue weighted by molar-refractivity contribution is 0.331. The Hall–Kier alpha value is -3.80. The lowest BCUT2D eigenvalue weighted by Crippen LogP contribution is -2.25.